The van der Waals surface area contributed by atoms with E-state index in [1.807, 2.05) is 4.90 Å². The quantitative estimate of drug-likeness (QED) is 0.825. The van der Waals surface area contributed by atoms with E-state index >= 15 is 0 Å². The van der Waals surface area contributed by atoms with Crippen LogP contribution in [0.1, 0.15) is 0 Å². The van der Waals surface area contributed by atoms with Gasteiger partial charge in [0.05, 0.1) is 10.6 Å². The normalized spacial score (nSPS) is 16.1. The Labute approximate surface area is 123 Å². The minimum Gasteiger partial charge on any atom is -0.339 e. The second-order valence-electron chi connectivity index (χ2n) is 4.66. The zero-order valence-electron chi connectivity index (χ0n) is 11.3. The molecule has 0 spiro atoms. The Hall–Kier alpha value is -1.05. The van der Waals surface area contributed by atoms with Crippen molar-refractivity contribution in [1.82, 2.24) is 10.2 Å². The molecular formula is C13H18N2O3S2. The average molecular weight is 314 g/mol. The fraction of sp³-hybridized carbons (Fsp3) is 0.462. The number of nitrogens with zero attached hydrogens (tertiary/aromatic N) is 1. The Bertz CT molecular complexity index is 564. The molecule has 0 bridgehead atoms. The maximum absolute atomic E-state index is 12.0. The van der Waals surface area contributed by atoms with Gasteiger partial charge in [0, 0.05) is 37.3 Å². The molecule has 1 saturated heterocycles. The van der Waals surface area contributed by atoms with E-state index in [0.29, 0.717) is 10.6 Å². The summed E-state index contributed by atoms with van der Waals surface area (Å²) in [6, 6.07) is 6.64. The highest BCUT2D eigenvalue weighted by atomic mass is 32.2. The van der Waals surface area contributed by atoms with Crippen LogP contribution in [0.3, 0.4) is 0 Å². The van der Waals surface area contributed by atoms with Crippen molar-refractivity contribution in [2.24, 2.45) is 0 Å². The van der Waals surface area contributed by atoms with E-state index in [1.54, 1.807) is 24.3 Å². The fourth-order valence-electron chi connectivity index (χ4n) is 1.93. The molecule has 1 aromatic rings. The lowest BCUT2D eigenvalue weighted by molar-refractivity contribution is -0.128. The highest BCUT2D eigenvalue weighted by molar-refractivity contribution is 8.00. The van der Waals surface area contributed by atoms with E-state index in [0.717, 1.165) is 31.1 Å². The molecule has 0 radical (unpaired) electrons. The summed E-state index contributed by atoms with van der Waals surface area (Å²) in [4.78, 5) is 15.0. The third kappa shape index (κ3) is 4.22. The minimum atomic E-state index is -3.16. The number of rotatable bonds is 4. The average Bonchev–Trinajstić information content (AvgIpc) is 2.45. The zero-order chi connectivity index (χ0) is 14.6. The summed E-state index contributed by atoms with van der Waals surface area (Å²) in [5, 5.41) is 3.21. The SMILES string of the molecule is CS(=O)(=O)c1ccc(SCC(=O)N2CCNCC2)cc1. The number of hydrogen-bond donors (Lipinski definition) is 1. The predicted octanol–water partition coefficient (Wildman–Crippen LogP) is 0.614. The molecule has 0 unspecified atom stereocenters. The van der Waals surface area contributed by atoms with Crippen molar-refractivity contribution >= 4 is 27.5 Å². The third-order valence-electron chi connectivity index (χ3n) is 3.08. The van der Waals surface area contributed by atoms with E-state index in [1.165, 1.54) is 18.0 Å². The van der Waals surface area contributed by atoms with Gasteiger partial charge in [-0.3, -0.25) is 4.79 Å². The summed E-state index contributed by atoms with van der Waals surface area (Å²) in [6.07, 6.45) is 1.18. The van der Waals surface area contributed by atoms with Crippen molar-refractivity contribution in [1.29, 1.82) is 0 Å². The summed E-state index contributed by atoms with van der Waals surface area (Å²) in [5.41, 5.74) is 0. The van der Waals surface area contributed by atoms with Crippen LogP contribution in [0.15, 0.2) is 34.1 Å². The summed E-state index contributed by atoms with van der Waals surface area (Å²) >= 11 is 1.44. The first kappa shape index (κ1) is 15.3. The molecule has 1 amide bonds. The fourth-order valence-corrected chi connectivity index (χ4v) is 3.37. The lowest BCUT2D eigenvalue weighted by Crippen LogP contribution is -2.47. The second-order valence-corrected chi connectivity index (χ2v) is 7.73. The Morgan fingerprint density at radius 1 is 1.25 bits per heavy atom. The van der Waals surface area contributed by atoms with E-state index in [9.17, 15) is 13.2 Å². The van der Waals surface area contributed by atoms with Gasteiger partial charge in [-0.1, -0.05) is 0 Å². The van der Waals surface area contributed by atoms with Gasteiger partial charge in [0.15, 0.2) is 9.84 Å². The number of piperazine rings is 1. The van der Waals surface area contributed by atoms with Crippen molar-refractivity contribution in [2.75, 3.05) is 38.2 Å². The molecule has 7 heteroatoms. The summed E-state index contributed by atoms with van der Waals surface area (Å²) < 4.78 is 22.7. The number of carbonyl (C=O) groups excluding carboxylic acids is 1. The van der Waals surface area contributed by atoms with Gasteiger partial charge < -0.3 is 10.2 Å². The topological polar surface area (TPSA) is 66.5 Å². The van der Waals surface area contributed by atoms with Gasteiger partial charge >= 0.3 is 0 Å². The van der Waals surface area contributed by atoms with E-state index in [4.69, 9.17) is 0 Å². The van der Waals surface area contributed by atoms with Gasteiger partial charge in [-0.2, -0.15) is 0 Å². The lowest BCUT2D eigenvalue weighted by Gasteiger charge is -2.27. The number of amides is 1. The molecule has 0 aromatic heterocycles. The molecule has 2 rings (SSSR count). The number of benzene rings is 1. The van der Waals surface area contributed by atoms with Gasteiger partial charge in [-0.05, 0) is 24.3 Å². The van der Waals surface area contributed by atoms with Crippen LogP contribution in [0.25, 0.3) is 0 Å². The van der Waals surface area contributed by atoms with Gasteiger partial charge in [0.2, 0.25) is 5.91 Å². The first-order valence-corrected chi connectivity index (χ1v) is 9.26. The molecule has 1 fully saturated rings. The second kappa shape index (κ2) is 6.60. The Balaban J connectivity index is 1.89. The Morgan fingerprint density at radius 2 is 1.85 bits per heavy atom. The number of carbonyl (C=O) groups is 1. The molecule has 110 valence electrons. The molecule has 20 heavy (non-hydrogen) atoms. The van der Waals surface area contributed by atoms with Crippen LogP contribution in [0.5, 0.6) is 0 Å². The highest BCUT2D eigenvalue weighted by Gasteiger charge is 2.16. The van der Waals surface area contributed by atoms with Crippen molar-refractivity contribution in [3.05, 3.63) is 24.3 Å². The third-order valence-corrected chi connectivity index (χ3v) is 5.21. The molecule has 0 saturated carbocycles. The van der Waals surface area contributed by atoms with Gasteiger partial charge in [0.1, 0.15) is 0 Å². The van der Waals surface area contributed by atoms with Crippen molar-refractivity contribution in [3.63, 3.8) is 0 Å². The van der Waals surface area contributed by atoms with Gasteiger partial charge in [-0.25, -0.2) is 8.42 Å². The number of nitrogens with one attached hydrogen (secondary N) is 1. The number of thioether (sulfide) groups is 1. The van der Waals surface area contributed by atoms with Crippen molar-refractivity contribution < 1.29 is 13.2 Å². The molecule has 0 aliphatic carbocycles. The predicted molar refractivity (Wildman–Crippen MR) is 79.7 cm³/mol. The minimum absolute atomic E-state index is 0.128. The largest absolute Gasteiger partial charge is 0.339 e. The summed E-state index contributed by atoms with van der Waals surface area (Å²) in [5.74, 6) is 0.516. The highest BCUT2D eigenvalue weighted by Crippen LogP contribution is 2.20. The molecule has 1 N–H and O–H groups in total. The lowest BCUT2D eigenvalue weighted by atomic mass is 10.3. The van der Waals surface area contributed by atoms with Crippen LogP contribution in [-0.2, 0) is 14.6 Å². The van der Waals surface area contributed by atoms with Crippen LogP contribution in [0.4, 0.5) is 0 Å². The first-order chi connectivity index (χ1) is 9.47. The van der Waals surface area contributed by atoms with Crippen LogP contribution >= 0.6 is 11.8 Å². The summed E-state index contributed by atoms with van der Waals surface area (Å²) in [7, 11) is -3.16. The zero-order valence-corrected chi connectivity index (χ0v) is 13.0. The molecule has 0 atom stereocenters. The Kier molecular flexibility index (Phi) is 5.06. The van der Waals surface area contributed by atoms with Crippen LogP contribution in [-0.4, -0.2) is 57.4 Å². The van der Waals surface area contributed by atoms with Crippen LogP contribution < -0.4 is 5.32 Å². The molecule has 1 aromatic carbocycles. The van der Waals surface area contributed by atoms with E-state index in [-0.39, 0.29) is 5.91 Å². The maximum Gasteiger partial charge on any atom is 0.233 e. The number of sulfone groups is 1. The molecule has 1 aliphatic rings. The number of hydrogen-bond acceptors (Lipinski definition) is 5. The maximum atomic E-state index is 12.0. The molecular weight excluding hydrogens is 296 g/mol. The van der Waals surface area contributed by atoms with Crippen LogP contribution in [0, 0.1) is 0 Å². The van der Waals surface area contributed by atoms with Crippen molar-refractivity contribution in [3.8, 4) is 0 Å². The molecule has 1 heterocycles. The monoisotopic (exact) mass is 314 g/mol. The molecule has 1 aliphatic heterocycles. The summed E-state index contributed by atoms with van der Waals surface area (Å²) in [6.45, 7) is 3.21. The van der Waals surface area contributed by atoms with Gasteiger partial charge in [-0.15, -0.1) is 11.8 Å². The van der Waals surface area contributed by atoms with E-state index in [2.05, 4.69) is 5.32 Å². The van der Waals surface area contributed by atoms with Crippen molar-refractivity contribution in [2.45, 2.75) is 9.79 Å². The molecule has 5 nitrogen and oxygen atoms in total. The standard InChI is InChI=1S/C13H18N2O3S2/c1-20(17,18)12-4-2-11(3-5-12)19-10-13(16)15-8-6-14-7-9-15/h2-5,14H,6-10H2,1H3. The first-order valence-electron chi connectivity index (χ1n) is 6.38. The Morgan fingerprint density at radius 3 is 2.40 bits per heavy atom. The van der Waals surface area contributed by atoms with Gasteiger partial charge in [0.25, 0.3) is 0 Å². The smallest absolute Gasteiger partial charge is 0.233 e. The van der Waals surface area contributed by atoms with Crippen LogP contribution in [0.2, 0.25) is 0 Å². The van der Waals surface area contributed by atoms with E-state index < -0.39 is 9.84 Å².